The lowest BCUT2D eigenvalue weighted by Crippen LogP contribution is -2.17. The maximum atomic E-state index is 13.5. The minimum Gasteiger partial charge on any atom is -0.478 e. The number of nitrogens with two attached hydrogens (primary N) is 1. The van der Waals surface area contributed by atoms with E-state index in [9.17, 15) is 49.6 Å². The highest BCUT2D eigenvalue weighted by Crippen LogP contribution is 2.46. The van der Waals surface area contributed by atoms with Gasteiger partial charge < -0.3 is 20.4 Å². The molecule has 0 aromatic heterocycles. The summed E-state index contributed by atoms with van der Waals surface area (Å²) < 4.78 is 98.5. The molecule has 18 heteroatoms. The summed E-state index contributed by atoms with van der Waals surface area (Å²) in [6.45, 7) is 0. The number of hydrogen-bond donors (Lipinski definition) is 6. The number of carboxylic acid groups (broad SMARTS) is 2. The van der Waals surface area contributed by atoms with Gasteiger partial charge in [-0.3, -0.25) is 14.5 Å². The third-order valence-electron chi connectivity index (χ3n) is 6.40. The van der Waals surface area contributed by atoms with Crippen LogP contribution in [0.1, 0.15) is 33.6 Å². The number of aromatic carboxylic acids is 2. The van der Waals surface area contributed by atoms with Gasteiger partial charge in [-0.15, -0.1) is 0 Å². The van der Waals surface area contributed by atoms with Gasteiger partial charge in [-0.2, -0.15) is 16.8 Å². The van der Waals surface area contributed by atoms with Crippen molar-refractivity contribution in [1.29, 1.82) is 5.41 Å². The molecule has 0 spiro atoms. The van der Waals surface area contributed by atoms with Gasteiger partial charge in [0, 0.05) is 16.5 Å². The van der Waals surface area contributed by atoms with Crippen molar-refractivity contribution in [3.05, 3.63) is 58.9 Å². The van der Waals surface area contributed by atoms with Crippen LogP contribution in [-0.4, -0.2) is 68.0 Å². The van der Waals surface area contributed by atoms with Gasteiger partial charge in [0.15, 0.2) is 26.1 Å². The molecule has 0 radical (unpaired) electrons. The first-order chi connectivity index (χ1) is 19.8. The van der Waals surface area contributed by atoms with Crippen molar-refractivity contribution in [2.45, 2.75) is 22.6 Å². The number of anilines is 1. The summed E-state index contributed by atoms with van der Waals surface area (Å²) in [6, 6.07) is 7.61. The number of nitrogen functional groups attached to an aromatic ring is 1. The Morgan fingerprint density at radius 2 is 1.44 bits per heavy atom. The molecule has 0 unspecified atom stereocenters. The number of sulfone groups is 1. The molecule has 15 nitrogen and oxygen atoms in total. The van der Waals surface area contributed by atoms with E-state index in [1.807, 2.05) is 0 Å². The van der Waals surface area contributed by atoms with E-state index in [1.165, 1.54) is 12.1 Å². The number of fused-ring (bicyclic) bond motifs is 2. The molecule has 2 aliphatic rings. The zero-order valence-corrected chi connectivity index (χ0v) is 24.1. The fraction of sp³-hybridized carbons (Fsp3) is 0.160. The normalized spacial score (nSPS) is 12.5. The van der Waals surface area contributed by atoms with Crippen LogP contribution >= 0.6 is 0 Å². The van der Waals surface area contributed by atoms with Crippen LogP contribution in [-0.2, 0) is 30.1 Å². The van der Waals surface area contributed by atoms with Crippen LogP contribution < -0.4 is 11.1 Å². The largest absolute Gasteiger partial charge is 0.478 e. The number of nitrogens with one attached hydrogen (secondary N) is 1. The average Bonchev–Trinajstić information content (AvgIpc) is 2.87. The summed E-state index contributed by atoms with van der Waals surface area (Å²) in [6.07, 6.45) is -0.508. The molecule has 0 fully saturated rings. The van der Waals surface area contributed by atoms with Gasteiger partial charge in [-0.25, -0.2) is 18.0 Å². The second-order valence-corrected chi connectivity index (χ2v) is 14.3. The molecule has 7 N–H and O–H groups in total. The molecule has 1 aliphatic carbocycles. The smallest absolute Gasteiger partial charge is 0.336 e. The lowest BCUT2D eigenvalue weighted by molar-refractivity contribution is 0.0696. The van der Waals surface area contributed by atoms with Gasteiger partial charge in [-0.05, 0) is 54.8 Å². The predicted octanol–water partition coefficient (Wildman–Crippen LogP) is 2.35. The average molecular weight is 655 g/mol. The second-order valence-electron chi connectivity index (χ2n) is 9.31. The molecule has 0 atom stereocenters. The fourth-order valence-corrected chi connectivity index (χ4v) is 7.55. The molecular formula is C25H22N2O13S3. The van der Waals surface area contributed by atoms with Crippen molar-refractivity contribution in [3.8, 4) is 22.5 Å². The summed E-state index contributed by atoms with van der Waals surface area (Å²) >= 11 is 0. The Morgan fingerprint density at radius 3 is 2.02 bits per heavy atom. The standard InChI is InChI=1S/C25H22N2O13S3/c26-17-7-5-14-19(13-4-3-12(24(28)29)11-16(13)25(30)31)15-6-8-18(27)23(43(37,38)39)21(15)40-20(14)22(17)41(32,33)9-1-2-10-42(34,35)36/h3-8,11,27H,1-2,9-10,26H2,(H,28,29)(H,30,31)(H,34,35,36)(H,37,38,39). The van der Waals surface area contributed by atoms with Crippen molar-refractivity contribution in [3.63, 3.8) is 0 Å². The third kappa shape index (κ3) is 6.22. The molecule has 2 aromatic rings. The van der Waals surface area contributed by atoms with E-state index in [2.05, 4.69) is 0 Å². The molecular weight excluding hydrogens is 632 g/mol. The van der Waals surface area contributed by atoms with Crippen molar-refractivity contribution in [2.24, 2.45) is 0 Å². The van der Waals surface area contributed by atoms with E-state index in [0.717, 1.165) is 30.3 Å². The second kappa shape index (κ2) is 11.0. The monoisotopic (exact) mass is 654 g/mol. The molecule has 43 heavy (non-hydrogen) atoms. The van der Waals surface area contributed by atoms with Gasteiger partial charge in [0.05, 0.1) is 33.7 Å². The minimum absolute atomic E-state index is 0.109. The predicted molar refractivity (Wildman–Crippen MR) is 150 cm³/mol. The van der Waals surface area contributed by atoms with Crippen molar-refractivity contribution in [2.75, 3.05) is 17.2 Å². The Balaban J connectivity index is 2.17. The van der Waals surface area contributed by atoms with Gasteiger partial charge in [-0.1, -0.05) is 6.07 Å². The Kier molecular flexibility index (Phi) is 8.11. The number of hydrogen-bond acceptors (Lipinski definition) is 11. The van der Waals surface area contributed by atoms with Crippen LogP contribution in [0.2, 0.25) is 0 Å². The molecule has 0 saturated heterocycles. The van der Waals surface area contributed by atoms with Crippen LogP contribution in [0, 0.1) is 5.41 Å². The summed E-state index contributed by atoms with van der Waals surface area (Å²) in [5.41, 5.74) is 3.59. The Labute approximate surface area is 243 Å². The van der Waals surface area contributed by atoms with E-state index in [0.29, 0.717) is 0 Å². The van der Waals surface area contributed by atoms with Gasteiger partial charge in [0.1, 0.15) is 4.90 Å². The van der Waals surface area contributed by atoms with Crippen LogP contribution in [0.25, 0.3) is 33.4 Å². The molecule has 1 heterocycles. The summed E-state index contributed by atoms with van der Waals surface area (Å²) in [4.78, 5) is 22.1. The van der Waals surface area contributed by atoms with Crippen LogP contribution in [0.3, 0.4) is 0 Å². The van der Waals surface area contributed by atoms with E-state index in [1.54, 1.807) is 0 Å². The maximum Gasteiger partial charge on any atom is 0.336 e. The van der Waals surface area contributed by atoms with Crippen LogP contribution in [0.15, 0.2) is 56.7 Å². The fourth-order valence-electron chi connectivity index (χ4n) is 4.60. The van der Waals surface area contributed by atoms with E-state index in [-0.39, 0.29) is 40.6 Å². The van der Waals surface area contributed by atoms with Gasteiger partial charge in [0.25, 0.3) is 20.2 Å². The first kappa shape index (κ1) is 31.6. The van der Waals surface area contributed by atoms with Crippen molar-refractivity contribution in [1.82, 2.24) is 0 Å². The highest BCUT2D eigenvalue weighted by atomic mass is 32.2. The molecule has 1 aliphatic heterocycles. The van der Waals surface area contributed by atoms with Gasteiger partial charge >= 0.3 is 11.9 Å². The van der Waals surface area contributed by atoms with Gasteiger partial charge in [0.2, 0.25) is 0 Å². The zero-order valence-electron chi connectivity index (χ0n) is 21.6. The molecule has 0 amide bonds. The van der Waals surface area contributed by atoms with E-state index < -0.39 is 91.1 Å². The Bertz CT molecular complexity index is 2190. The number of rotatable bonds is 10. The SMILES string of the molecule is N=c1ccc2c(-c3ccc(C(=O)O)cc3C(=O)O)c3ccc(N)c(S(=O)(=O)CCCCS(=O)(=O)O)c3oc-2c1S(=O)(=O)O. The highest BCUT2D eigenvalue weighted by molar-refractivity contribution is 7.91. The third-order valence-corrected chi connectivity index (χ3v) is 9.99. The number of carboxylic acids is 2. The summed E-state index contributed by atoms with van der Waals surface area (Å²) in [7, 11) is -14.0. The zero-order chi connectivity index (χ0) is 32.1. The number of benzene rings is 3. The molecule has 0 saturated carbocycles. The number of carbonyl (C=O) groups is 2. The topological polar surface area (TPSA) is 280 Å². The van der Waals surface area contributed by atoms with E-state index >= 15 is 0 Å². The molecule has 0 bridgehead atoms. The number of unbranched alkanes of at least 4 members (excludes halogenated alkanes) is 1. The lowest BCUT2D eigenvalue weighted by Gasteiger charge is -2.20. The minimum atomic E-state index is -5.20. The summed E-state index contributed by atoms with van der Waals surface area (Å²) in [5.74, 6) is -5.18. The Morgan fingerprint density at radius 1 is 0.814 bits per heavy atom. The van der Waals surface area contributed by atoms with Crippen molar-refractivity contribution < 1.29 is 58.6 Å². The molecule has 2 aromatic carbocycles. The molecule has 228 valence electrons. The molecule has 4 rings (SSSR count). The van der Waals surface area contributed by atoms with Crippen molar-refractivity contribution >= 4 is 58.7 Å². The first-order valence-corrected chi connectivity index (χ1v) is 16.7. The first-order valence-electron chi connectivity index (χ1n) is 12.0. The summed E-state index contributed by atoms with van der Waals surface area (Å²) in [5, 5.41) is 26.6. The highest BCUT2D eigenvalue weighted by Gasteiger charge is 2.32. The quantitative estimate of drug-likeness (QED) is 0.0620. The van der Waals surface area contributed by atoms with E-state index in [4.69, 9.17) is 20.1 Å². The maximum absolute atomic E-state index is 13.5. The lowest BCUT2D eigenvalue weighted by atomic mass is 9.89. The van der Waals surface area contributed by atoms with Crippen LogP contribution in [0.4, 0.5) is 5.69 Å². The Hall–Kier alpha value is -4.36. The van der Waals surface area contributed by atoms with Crippen LogP contribution in [0.5, 0.6) is 0 Å².